The van der Waals surface area contributed by atoms with Gasteiger partial charge in [0.05, 0.1) is 0 Å². The molecule has 0 bridgehead atoms. The Morgan fingerprint density at radius 3 is 2.79 bits per heavy atom. The first-order valence-electron chi connectivity index (χ1n) is 8.06. The van der Waals surface area contributed by atoms with Crippen LogP contribution in [0.1, 0.15) is 39.0 Å². The molecule has 0 nitrogen and oxygen atoms in total. The summed E-state index contributed by atoms with van der Waals surface area (Å²) in [4.78, 5) is 0. The van der Waals surface area contributed by atoms with Crippen LogP contribution in [0.5, 0.6) is 0 Å². The van der Waals surface area contributed by atoms with Crippen molar-refractivity contribution in [3.63, 3.8) is 0 Å². The Bertz CT molecular complexity index is 488. The molecule has 0 spiro atoms. The van der Waals surface area contributed by atoms with Crippen LogP contribution < -0.4 is 0 Å². The van der Waals surface area contributed by atoms with Crippen LogP contribution in [0.15, 0.2) is 47.6 Å². The third-order valence-corrected chi connectivity index (χ3v) is 6.11. The molecule has 0 heterocycles. The van der Waals surface area contributed by atoms with E-state index in [1.165, 1.54) is 32.1 Å². The van der Waals surface area contributed by atoms with E-state index in [0.29, 0.717) is 0 Å². The van der Waals surface area contributed by atoms with Crippen molar-refractivity contribution in [3.8, 4) is 0 Å². The van der Waals surface area contributed by atoms with Crippen molar-refractivity contribution in [1.29, 1.82) is 0 Å². The molecule has 4 aliphatic rings. The van der Waals surface area contributed by atoms with E-state index in [-0.39, 0.29) is 0 Å². The first kappa shape index (κ1) is 11.8. The van der Waals surface area contributed by atoms with E-state index in [0.717, 1.165) is 29.6 Å². The van der Waals surface area contributed by atoms with Crippen LogP contribution in [0.25, 0.3) is 0 Å². The first-order chi connectivity index (χ1) is 9.34. The Balaban J connectivity index is 1.64. The highest BCUT2D eigenvalue weighted by atomic mass is 14.5. The quantitative estimate of drug-likeness (QED) is 0.612. The van der Waals surface area contributed by atoms with Crippen molar-refractivity contribution < 1.29 is 0 Å². The summed E-state index contributed by atoms with van der Waals surface area (Å²) < 4.78 is 0. The minimum atomic E-state index is 0.843. The van der Waals surface area contributed by atoms with E-state index in [1.807, 2.05) is 0 Å². The van der Waals surface area contributed by atoms with E-state index < -0.39 is 0 Å². The second-order valence-corrected chi connectivity index (χ2v) is 6.93. The lowest BCUT2D eigenvalue weighted by Gasteiger charge is -2.37. The predicted molar refractivity (Wildman–Crippen MR) is 80.7 cm³/mol. The molecule has 0 aromatic heterocycles. The standard InChI is InChI=1S/C19H24/c1-13-6-4-9-15(13)17-10-5-11-18-16-8-3-2-7-14(16)12-19(17)18/h2-4,6-8,14,16-19H,5,9-12H2,1H3. The predicted octanol–water partition coefficient (Wildman–Crippen LogP) is 5.06. The third kappa shape index (κ3) is 1.80. The van der Waals surface area contributed by atoms with Crippen LogP contribution in [0.2, 0.25) is 0 Å². The van der Waals surface area contributed by atoms with E-state index in [4.69, 9.17) is 0 Å². The number of hydrogen-bond donors (Lipinski definition) is 0. The van der Waals surface area contributed by atoms with Gasteiger partial charge in [-0.15, -0.1) is 0 Å². The molecule has 5 unspecified atom stereocenters. The topological polar surface area (TPSA) is 0 Å². The summed E-state index contributed by atoms with van der Waals surface area (Å²) in [6.07, 6.45) is 21.3. The summed E-state index contributed by atoms with van der Waals surface area (Å²) in [5.74, 6) is 4.51. The van der Waals surface area contributed by atoms with Crippen LogP contribution in [-0.4, -0.2) is 0 Å². The van der Waals surface area contributed by atoms with Crippen LogP contribution in [0, 0.1) is 29.6 Å². The molecule has 4 aliphatic carbocycles. The maximum absolute atomic E-state index is 2.51. The van der Waals surface area contributed by atoms with Crippen molar-refractivity contribution in [1.82, 2.24) is 0 Å². The summed E-state index contributed by atoms with van der Waals surface area (Å²) in [5.41, 5.74) is 3.35. The van der Waals surface area contributed by atoms with Gasteiger partial charge in [0.15, 0.2) is 0 Å². The second kappa shape index (κ2) is 4.51. The molecule has 100 valence electrons. The Kier molecular flexibility index (Phi) is 2.79. The number of hydrogen-bond acceptors (Lipinski definition) is 0. The van der Waals surface area contributed by atoms with Crippen LogP contribution in [-0.2, 0) is 0 Å². The van der Waals surface area contributed by atoms with E-state index >= 15 is 0 Å². The minimum Gasteiger partial charge on any atom is -0.0808 e. The molecule has 4 rings (SSSR count). The highest BCUT2D eigenvalue weighted by molar-refractivity contribution is 5.35. The van der Waals surface area contributed by atoms with Crippen LogP contribution in [0.4, 0.5) is 0 Å². The average Bonchev–Trinajstić information content (AvgIpc) is 3.02. The maximum Gasteiger partial charge on any atom is -0.0127 e. The molecule has 2 saturated carbocycles. The van der Waals surface area contributed by atoms with Gasteiger partial charge in [-0.25, -0.2) is 0 Å². The monoisotopic (exact) mass is 252 g/mol. The van der Waals surface area contributed by atoms with Gasteiger partial charge in [0.2, 0.25) is 0 Å². The zero-order valence-corrected chi connectivity index (χ0v) is 11.9. The SMILES string of the molecule is CC1=C(C2CCCC3C4C=CC=CC4CC23)CC=C1. The average molecular weight is 252 g/mol. The van der Waals surface area contributed by atoms with Gasteiger partial charge in [0.1, 0.15) is 0 Å². The van der Waals surface area contributed by atoms with Crippen LogP contribution >= 0.6 is 0 Å². The van der Waals surface area contributed by atoms with Crippen molar-refractivity contribution >= 4 is 0 Å². The van der Waals surface area contributed by atoms with E-state index in [2.05, 4.69) is 43.4 Å². The lowest BCUT2D eigenvalue weighted by Crippen LogP contribution is -2.28. The zero-order chi connectivity index (χ0) is 12.8. The third-order valence-electron chi connectivity index (χ3n) is 6.11. The fourth-order valence-corrected chi connectivity index (χ4v) is 5.30. The minimum absolute atomic E-state index is 0.843. The van der Waals surface area contributed by atoms with Gasteiger partial charge >= 0.3 is 0 Å². The summed E-state index contributed by atoms with van der Waals surface area (Å²) >= 11 is 0. The fourth-order valence-electron chi connectivity index (χ4n) is 5.30. The van der Waals surface area contributed by atoms with Gasteiger partial charge in [0, 0.05) is 0 Å². The second-order valence-electron chi connectivity index (χ2n) is 6.93. The van der Waals surface area contributed by atoms with Gasteiger partial charge in [0.25, 0.3) is 0 Å². The van der Waals surface area contributed by atoms with Gasteiger partial charge in [-0.3, -0.25) is 0 Å². The molecule has 0 heteroatoms. The summed E-state index contributed by atoms with van der Waals surface area (Å²) in [6, 6.07) is 0. The molecule has 0 radical (unpaired) electrons. The van der Waals surface area contributed by atoms with Gasteiger partial charge < -0.3 is 0 Å². The highest BCUT2D eigenvalue weighted by Gasteiger charge is 2.47. The van der Waals surface area contributed by atoms with E-state index in [1.54, 1.807) is 11.1 Å². The molecule has 5 atom stereocenters. The van der Waals surface area contributed by atoms with Gasteiger partial charge in [-0.1, -0.05) is 54.0 Å². The summed E-state index contributed by atoms with van der Waals surface area (Å²) in [5, 5.41) is 0. The lowest BCUT2D eigenvalue weighted by molar-refractivity contribution is 0.188. The summed E-state index contributed by atoms with van der Waals surface area (Å²) in [7, 11) is 0. The summed E-state index contributed by atoms with van der Waals surface area (Å²) in [6.45, 7) is 2.32. The Labute approximate surface area is 117 Å². The van der Waals surface area contributed by atoms with Gasteiger partial charge in [-0.05, 0) is 62.2 Å². The molecule has 0 aliphatic heterocycles. The fraction of sp³-hybridized carbons (Fsp3) is 0.579. The Hall–Kier alpha value is -1.04. The van der Waals surface area contributed by atoms with Crippen molar-refractivity contribution in [2.75, 3.05) is 0 Å². The largest absolute Gasteiger partial charge is 0.0808 e. The molecule has 0 saturated heterocycles. The number of allylic oxidation sites excluding steroid dienone is 8. The molecule has 0 aromatic carbocycles. The highest BCUT2D eigenvalue weighted by Crippen LogP contribution is 2.55. The zero-order valence-electron chi connectivity index (χ0n) is 11.9. The molecular weight excluding hydrogens is 228 g/mol. The van der Waals surface area contributed by atoms with Gasteiger partial charge in [-0.2, -0.15) is 0 Å². The Morgan fingerprint density at radius 2 is 1.95 bits per heavy atom. The molecular formula is C19H24. The number of rotatable bonds is 1. The number of fused-ring (bicyclic) bond motifs is 3. The Morgan fingerprint density at radius 1 is 1.05 bits per heavy atom. The molecule has 19 heavy (non-hydrogen) atoms. The lowest BCUT2D eigenvalue weighted by atomic mass is 9.68. The maximum atomic E-state index is 2.51. The smallest absolute Gasteiger partial charge is 0.0127 e. The van der Waals surface area contributed by atoms with Crippen molar-refractivity contribution in [2.24, 2.45) is 29.6 Å². The normalized spacial score (nSPS) is 43.7. The van der Waals surface area contributed by atoms with E-state index in [9.17, 15) is 0 Å². The molecule has 0 aromatic rings. The molecule has 0 N–H and O–H groups in total. The van der Waals surface area contributed by atoms with Crippen molar-refractivity contribution in [2.45, 2.75) is 39.0 Å². The molecule has 2 fully saturated rings. The van der Waals surface area contributed by atoms with Crippen molar-refractivity contribution in [3.05, 3.63) is 47.6 Å². The van der Waals surface area contributed by atoms with Crippen LogP contribution in [0.3, 0.4) is 0 Å². The first-order valence-corrected chi connectivity index (χ1v) is 8.06. The molecule has 0 amide bonds.